The molecular formula is C10H18OSi2. The van der Waals surface area contributed by atoms with Crippen molar-refractivity contribution < 1.29 is 5.11 Å². The normalized spacial score (nSPS) is 11.7. The van der Waals surface area contributed by atoms with E-state index in [9.17, 15) is 0 Å². The fourth-order valence-electron chi connectivity index (χ4n) is 1.59. The average Bonchev–Trinajstić information content (AvgIpc) is 2.04. The van der Waals surface area contributed by atoms with Crippen LogP contribution in [0, 0.1) is 0 Å². The smallest absolute Gasteiger partial charge is 0.0722 e. The molecule has 0 fully saturated rings. The highest BCUT2D eigenvalue weighted by molar-refractivity contribution is 6.98. The Hall–Kier alpha value is -0.256. The van der Waals surface area contributed by atoms with E-state index in [1.807, 2.05) is 0 Å². The van der Waals surface area contributed by atoms with Crippen LogP contribution in [0.3, 0.4) is 0 Å². The minimum Gasteiger partial charge on any atom is -0.396 e. The second kappa shape index (κ2) is 4.31. The van der Waals surface area contributed by atoms with Gasteiger partial charge in [-0.3, -0.25) is 0 Å². The van der Waals surface area contributed by atoms with Crippen LogP contribution in [-0.4, -0.2) is 28.2 Å². The summed E-state index contributed by atoms with van der Waals surface area (Å²) in [5.41, 5.74) is 2.31. The van der Waals surface area contributed by atoms with Gasteiger partial charge in [-0.15, -0.1) is 0 Å². The molecule has 1 aromatic rings. The maximum Gasteiger partial charge on any atom is 0.0722 e. The summed E-state index contributed by atoms with van der Waals surface area (Å²) in [5, 5.41) is 8.97. The van der Waals surface area contributed by atoms with Crippen LogP contribution in [0.1, 0.15) is 0 Å². The van der Waals surface area contributed by atoms with Crippen molar-refractivity contribution in [1.82, 2.24) is 0 Å². The van der Waals surface area contributed by atoms with Gasteiger partial charge in [0.15, 0.2) is 0 Å². The standard InChI is InChI=1S/C10H18OSi2/c1-13(2,3)10-6-4-5-8-12(10)9-7-11/h4-6,8,11H,7,9H2,1-3H3. The molecule has 0 amide bonds. The molecule has 0 atom stereocenters. The van der Waals surface area contributed by atoms with Crippen LogP contribution in [0.2, 0.25) is 19.6 Å². The highest BCUT2D eigenvalue weighted by atomic mass is 28.4. The molecule has 1 nitrogen and oxygen atoms in total. The van der Waals surface area contributed by atoms with Gasteiger partial charge in [0, 0.05) is 15.0 Å². The Balaban J connectivity index is 3.05. The van der Waals surface area contributed by atoms with Crippen LogP contribution in [0.15, 0.2) is 23.9 Å². The van der Waals surface area contributed by atoms with Crippen LogP contribution in [0.5, 0.6) is 0 Å². The fraction of sp³-hybridized carbons (Fsp3) is 0.500. The predicted molar refractivity (Wildman–Crippen MR) is 62.5 cm³/mol. The van der Waals surface area contributed by atoms with Gasteiger partial charge in [0.25, 0.3) is 0 Å². The molecule has 0 aliphatic rings. The number of hydrogen-bond acceptors (Lipinski definition) is 1. The zero-order valence-corrected chi connectivity index (χ0v) is 10.7. The Morgan fingerprint density at radius 1 is 1.31 bits per heavy atom. The molecule has 3 heteroatoms. The van der Waals surface area contributed by atoms with Gasteiger partial charge in [-0.05, 0) is 6.04 Å². The summed E-state index contributed by atoms with van der Waals surface area (Å²) >= 11 is 0. The Morgan fingerprint density at radius 2 is 2.00 bits per heavy atom. The molecule has 0 bridgehead atoms. The minimum atomic E-state index is -1.14. The summed E-state index contributed by atoms with van der Waals surface area (Å²) in [6.07, 6.45) is 0. The van der Waals surface area contributed by atoms with Crippen LogP contribution in [0.4, 0.5) is 0 Å². The molecule has 1 N–H and O–H groups in total. The third kappa shape index (κ3) is 2.86. The second-order valence-electron chi connectivity index (χ2n) is 4.38. The summed E-state index contributed by atoms with van der Waals surface area (Å²) in [6, 6.07) is 7.54. The Kier molecular flexibility index (Phi) is 3.58. The summed E-state index contributed by atoms with van der Waals surface area (Å²) < 4.78 is 0. The van der Waals surface area contributed by atoms with E-state index in [1.54, 1.807) is 4.80 Å². The van der Waals surface area contributed by atoms with E-state index in [-0.39, 0.29) is 0 Å². The molecule has 0 unspecified atom stereocenters. The highest BCUT2D eigenvalue weighted by Crippen LogP contribution is 2.01. The van der Waals surface area contributed by atoms with E-state index >= 15 is 0 Å². The van der Waals surface area contributed by atoms with Crippen molar-refractivity contribution in [3.05, 3.63) is 23.9 Å². The number of hydrogen-bond donors (Lipinski definition) is 1. The summed E-state index contributed by atoms with van der Waals surface area (Å²) in [4.78, 5) is 1.66. The third-order valence-electron chi connectivity index (χ3n) is 2.21. The van der Waals surface area contributed by atoms with Crippen molar-refractivity contribution in [2.75, 3.05) is 6.61 Å². The maximum absolute atomic E-state index is 8.97. The largest absolute Gasteiger partial charge is 0.396 e. The SMILES string of the molecule is C[Si](C)(C)c1cccc[si]1CCO. The molecule has 1 heterocycles. The highest BCUT2D eigenvalue weighted by Gasteiger charge is 2.18. The topological polar surface area (TPSA) is 20.2 Å². The molecule has 0 aliphatic heterocycles. The first-order valence-electron chi connectivity index (χ1n) is 4.75. The van der Waals surface area contributed by atoms with Crippen molar-refractivity contribution >= 4 is 21.3 Å². The monoisotopic (exact) mass is 210 g/mol. The van der Waals surface area contributed by atoms with E-state index in [1.165, 1.54) is 0 Å². The molecule has 72 valence electrons. The van der Waals surface area contributed by atoms with Crippen LogP contribution < -0.4 is 4.80 Å². The lowest BCUT2D eigenvalue weighted by atomic mass is 10.6. The maximum atomic E-state index is 8.97. The average molecular weight is 210 g/mol. The van der Waals surface area contributed by atoms with E-state index < -0.39 is 16.5 Å². The number of aliphatic hydroxyl groups excluding tert-OH is 1. The van der Waals surface area contributed by atoms with Gasteiger partial charge in [-0.2, -0.15) is 0 Å². The molecule has 0 spiro atoms. The zero-order chi connectivity index (χ0) is 9.90. The van der Waals surface area contributed by atoms with Gasteiger partial charge < -0.3 is 5.11 Å². The quantitative estimate of drug-likeness (QED) is 0.745. The number of rotatable bonds is 3. The van der Waals surface area contributed by atoms with Gasteiger partial charge in [0.05, 0.1) is 8.07 Å². The van der Waals surface area contributed by atoms with E-state index in [2.05, 4.69) is 43.5 Å². The second-order valence-corrected chi connectivity index (χ2v) is 12.3. The Bertz CT molecular complexity index is 278. The number of aliphatic hydroxyl groups is 1. The Morgan fingerprint density at radius 3 is 2.54 bits per heavy atom. The van der Waals surface area contributed by atoms with Gasteiger partial charge in [-0.25, -0.2) is 0 Å². The van der Waals surface area contributed by atoms with Crippen LogP contribution >= 0.6 is 0 Å². The molecule has 13 heavy (non-hydrogen) atoms. The third-order valence-corrected chi connectivity index (χ3v) is 9.42. The van der Waals surface area contributed by atoms with Crippen molar-refractivity contribution in [2.24, 2.45) is 0 Å². The van der Waals surface area contributed by atoms with Crippen LogP contribution in [0.25, 0.3) is 0 Å². The van der Waals surface area contributed by atoms with E-state index in [0.29, 0.717) is 6.61 Å². The molecule has 0 saturated carbocycles. The lowest BCUT2D eigenvalue weighted by Gasteiger charge is -2.20. The first-order valence-corrected chi connectivity index (χ1v) is 10.0. The lowest BCUT2D eigenvalue weighted by Crippen LogP contribution is -2.45. The first kappa shape index (κ1) is 10.8. The Labute approximate surface area is 83.0 Å². The molecule has 1 rings (SSSR count). The van der Waals surface area contributed by atoms with Crippen molar-refractivity contribution in [1.29, 1.82) is 0 Å². The fourth-order valence-corrected chi connectivity index (χ4v) is 8.18. The van der Waals surface area contributed by atoms with Crippen molar-refractivity contribution in [2.45, 2.75) is 25.7 Å². The zero-order valence-electron chi connectivity index (χ0n) is 8.67. The summed E-state index contributed by atoms with van der Waals surface area (Å²) in [5.74, 6) is 0. The van der Waals surface area contributed by atoms with Crippen molar-refractivity contribution in [3.8, 4) is 0 Å². The minimum absolute atomic E-state index is 0.334. The van der Waals surface area contributed by atoms with Crippen LogP contribution in [-0.2, 0) is 6.04 Å². The van der Waals surface area contributed by atoms with Gasteiger partial charge in [0.1, 0.15) is 0 Å². The van der Waals surface area contributed by atoms with Gasteiger partial charge >= 0.3 is 0 Å². The molecule has 0 radical (unpaired) electrons. The van der Waals surface area contributed by atoms with Crippen molar-refractivity contribution in [3.63, 3.8) is 0 Å². The molecular weight excluding hydrogens is 192 g/mol. The molecule has 0 saturated heterocycles. The summed E-state index contributed by atoms with van der Waals surface area (Å²) in [6.45, 7) is 7.48. The van der Waals surface area contributed by atoms with Gasteiger partial charge in [0.2, 0.25) is 0 Å². The van der Waals surface area contributed by atoms with Gasteiger partial charge in [-0.1, -0.05) is 48.3 Å². The van der Waals surface area contributed by atoms with E-state index in [4.69, 9.17) is 5.11 Å². The molecule has 0 aromatic carbocycles. The lowest BCUT2D eigenvalue weighted by molar-refractivity contribution is 0.309. The molecule has 0 aliphatic carbocycles. The van der Waals surface area contributed by atoms with E-state index in [0.717, 1.165) is 6.04 Å². The molecule has 1 aromatic heterocycles. The first-order chi connectivity index (χ1) is 6.05. The predicted octanol–water partition coefficient (Wildman–Crippen LogP) is 1.25. The summed E-state index contributed by atoms with van der Waals surface area (Å²) in [7, 11) is -1.68.